The van der Waals surface area contributed by atoms with E-state index in [0.717, 1.165) is 31.2 Å². The van der Waals surface area contributed by atoms with Crippen molar-refractivity contribution in [3.05, 3.63) is 45.3 Å². The number of rotatable bonds is 4. The lowest BCUT2D eigenvalue weighted by Gasteiger charge is -2.40. The second-order valence-electron chi connectivity index (χ2n) is 11.8. The van der Waals surface area contributed by atoms with E-state index in [4.69, 9.17) is 8.85 Å². The molecule has 0 radical (unpaired) electrons. The van der Waals surface area contributed by atoms with E-state index in [0.29, 0.717) is 0 Å². The van der Waals surface area contributed by atoms with Crippen molar-refractivity contribution in [1.82, 2.24) is 0 Å². The van der Waals surface area contributed by atoms with Gasteiger partial charge in [0.2, 0.25) is 0 Å². The van der Waals surface area contributed by atoms with Crippen molar-refractivity contribution in [2.75, 3.05) is 0 Å². The van der Waals surface area contributed by atoms with Crippen LogP contribution in [0, 0.1) is 0 Å². The largest absolute Gasteiger partial charge is 0.541 e. The topological polar surface area (TPSA) is 18.5 Å². The first-order valence-electron chi connectivity index (χ1n) is 11.2. The Labute approximate surface area is 212 Å². The summed E-state index contributed by atoms with van der Waals surface area (Å²) in [5.74, 6) is 1.80. The minimum absolute atomic E-state index is 0.0810. The fourth-order valence-electron chi connectivity index (χ4n) is 3.14. The van der Waals surface area contributed by atoms with Crippen molar-refractivity contribution < 1.29 is 8.85 Å². The molecule has 0 N–H and O–H groups in total. The SMILES string of the molecule is CC(C)(C)[Si](C)(C)Oc1c(O[Si](C)(C)C(C)(C)C)c2ccc(Br)cc2c2cc(Br)ccc12. The molecule has 0 aliphatic rings. The van der Waals surface area contributed by atoms with E-state index in [1.54, 1.807) is 0 Å². The molecule has 0 heterocycles. The number of fused-ring (bicyclic) bond motifs is 3. The molecule has 3 aromatic rings. The van der Waals surface area contributed by atoms with Gasteiger partial charge in [0, 0.05) is 19.7 Å². The molecule has 0 bridgehead atoms. The van der Waals surface area contributed by atoms with E-state index in [9.17, 15) is 0 Å². The van der Waals surface area contributed by atoms with Gasteiger partial charge in [0.1, 0.15) is 0 Å². The molecule has 0 unspecified atom stereocenters. The van der Waals surface area contributed by atoms with Crippen molar-refractivity contribution in [2.45, 2.75) is 77.8 Å². The molecular weight excluding hydrogens is 560 g/mol. The summed E-state index contributed by atoms with van der Waals surface area (Å²) in [5.41, 5.74) is 0. The summed E-state index contributed by atoms with van der Waals surface area (Å²) < 4.78 is 16.2. The molecule has 2 nitrogen and oxygen atoms in total. The van der Waals surface area contributed by atoms with Crippen LogP contribution in [-0.4, -0.2) is 16.6 Å². The summed E-state index contributed by atoms with van der Waals surface area (Å²) in [5, 5.41) is 4.73. The van der Waals surface area contributed by atoms with Crippen molar-refractivity contribution in [3.63, 3.8) is 0 Å². The van der Waals surface area contributed by atoms with Gasteiger partial charge in [0.25, 0.3) is 16.6 Å². The first-order valence-corrected chi connectivity index (χ1v) is 18.6. The molecule has 0 aliphatic carbocycles. The quantitative estimate of drug-likeness (QED) is 0.220. The van der Waals surface area contributed by atoms with Crippen LogP contribution in [-0.2, 0) is 0 Å². The molecule has 6 heteroatoms. The smallest absolute Gasteiger partial charge is 0.250 e. The van der Waals surface area contributed by atoms with Crippen molar-refractivity contribution >= 4 is 70.0 Å². The molecular formula is C26H36Br2O2Si2. The second-order valence-corrected chi connectivity index (χ2v) is 23.0. The molecule has 0 aromatic heterocycles. The average Bonchev–Trinajstić information content (AvgIpc) is 2.62. The predicted octanol–water partition coefficient (Wildman–Crippen LogP) is 10.3. The molecule has 0 spiro atoms. The van der Waals surface area contributed by atoms with E-state index < -0.39 is 16.6 Å². The van der Waals surface area contributed by atoms with Crippen LogP contribution in [0.1, 0.15) is 41.5 Å². The summed E-state index contributed by atoms with van der Waals surface area (Å²) in [4.78, 5) is 0. The van der Waals surface area contributed by atoms with Gasteiger partial charge in [0.05, 0.1) is 0 Å². The highest BCUT2D eigenvalue weighted by atomic mass is 79.9. The van der Waals surface area contributed by atoms with Crippen LogP contribution in [0.15, 0.2) is 45.3 Å². The highest BCUT2D eigenvalue weighted by Crippen LogP contribution is 2.50. The van der Waals surface area contributed by atoms with Crippen LogP contribution in [0.4, 0.5) is 0 Å². The lowest BCUT2D eigenvalue weighted by Crippen LogP contribution is -2.45. The van der Waals surface area contributed by atoms with E-state index >= 15 is 0 Å². The van der Waals surface area contributed by atoms with Crippen molar-refractivity contribution in [1.29, 1.82) is 0 Å². The third kappa shape index (κ3) is 4.84. The lowest BCUT2D eigenvalue weighted by atomic mass is 10.00. The highest BCUT2D eigenvalue weighted by molar-refractivity contribution is 9.10. The Bertz CT molecular complexity index is 1080. The third-order valence-electron chi connectivity index (χ3n) is 7.28. The summed E-state index contributed by atoms with van der Waals surface area (Å²) in [6, 6.07) is 12.9. The Kier molecular flexibility index (Phi) is 6.80. The van der Waals surface area contributed by atoms with Gasteiger partial charge >= 0.3 is 0 Å². The predicted molar refractivity (Wildman–Crippen MR) is 153 cm³/mol. The Morgan fingerprint density at radius 3 is 1.16 bits per heavy atom. The zero-order chi connectivity index (χ0) is 24.3. The lowest BCUT2D eigenvalue weighted by molar-refractivity contribution is 0.447. The van der Waals surface area contributed by atoms with Crippen molar-refractivity contribution in [2.24, 2.45) is 0 Å². The molecule has 3 rings (SSSR count). The Hall–Kier alpha value is -0.826. The number of hydrogen-bond acceptors (Lipinski definition) is 2. The molecule has 0 aliphatic heterocycles. The van der Waals surface area contributed by atoms with E-state index in [-0.39, 0.29) is 10.1 Å². The molecule has 0 fully saturated rings. The summed E-state index contributed by atoms with van der Waals surface area (Å²) in [7, 11) is -4.23. The van der Waals surface area contributed by atoms with Gasteiger partial charge in [-0.2, -0.15) is 0 Å². The minimum atomic E-state index is -2.11. The molecule has 32 heavy (non-hydrogen) atoms. The fourth-order valence-corrected chi connectivity index (χ4v) is 5.90. The molecule has 174 valence electrons. The normalized spacial score (nSPS) is 13.6. The second kappa shape index (κ2) is 8.44. The standard InChI is InChI=1S/C26H36Br2O2Si2/c1-25(2,3)31(7,8)29-23-19-13-11-17(27)15-21(19)22-16-18(28)12-14-20(22)24(23)30-32(9,10)26(4,5)6/h11-16H,1-10H3. The highest BCUT2D eigenvalue weighted by Gasteiger charge is 2.43. The van der Waals surface area contributed by atoms with Gasteiger partial charge < -0.3 is 8.85 Å². The Morgan fingerprint density at radius 1 is 0.562 bits per heavy atom. The first kappa shape index (κ1) is 25.8. The first-order chi connectivity index (χ1) is 14.4. The number of halogens is 2. The van der Waals surface area contributed by atoms with Crippen LogP contribution < -0.4 is 8.85 Å². The zero-order valence-electron chi connectivity index (χ0n) is 21.0. The maximum absolute atomic E-state index is 7.06. The molecule has 3 aromatic carbocycles. The van der Waals surface area contributed by atoms with E-state index in [1.807, 2.05) is 0 Å². The van der Waals surface area contributed by atoms with Gasteiger partial charge in [0.15, 0.2) is 11.5 Å². The number of hydrogen-bond donors (Lipinski definition) is 0. The van der Waals surface area contributed by atoms with E-state index in [1.165, 1.54) is 10.8 Å². The fraction of sp³-hybridized carbons (Fsp3) is 0.462. The van der Waals surface area contributed by atoms with Crippen molar-refractivity contribution in [3.8, 4) is 11.5 Å². The van der Waals surface area contributed by atoms with Crippen LogP contribution in [0.25, 0.3) is 21.5 Å². The van der Waals surface area contributed by atoms with Gasteiger partial charge in [-0.15, -0.1) is 0 Å². The molecule has 0 atom stereocenters. The van der Waals surface area contributed by atoms with E-state index in [2.05, 4.69) is 136 Å². The van der Waals surface area contributed by atoms with Gasteiger partial charge in [-0.25, -0.2) is 0 Å². The van der Waals surface area contributed by atoms with Gasteiger partial charge in [-0.3, -0.25) is 0 Å². The Morgan fingerprint density at radius 2 is 0.875 bits per heavy atom. The monoisotopic (exact) mass is 594 g/mol. The average molecular weight is 597 g/mol. The van der Waals surface area contributed by atoms with Gasteiger partial charge in [-0.1, -0.05) is 73.4 Å². The third-order valence-corrected chi connectivity index (χ3v) is 16.9. The maximum Gasteiger partial charge on any atom is 0.250 e. The molecule has 0 saturated heterocycles. The molecule has 0 amide bonds. The summed E-state index contributed by atoms with van der Waals surface area (Å²) in [6.07, 6.45) is 0. The zero-order valence-corrected chi connectivity index (χ0v) is 26.2. The molecule has 0 saturated carbocycles. The van der Waals surface area contributed by atoms with Crippen LogP contribution in [0.2, 0.25) is 36.3 Å². The minimum Gasteiger partial charge on any atom is -0.541 e. The number of benzene rings is 3. The Balaban J connectivity index is 2.45. The van der Waals surface area contributed by atoms with Crippen LogP contribution in [0.3, 0.4) is 0 Å². The summed E-state index contributed by atoms with van der Waals surface area (Å²) in [6.45, 7) is 22.9. The maximum atomic E-state index is 7.06. The van der Waals surface area contributed by atoms with Crippen LogP contribution >= 0.6 is 31.9 Å². The van der Waals surface area contributed by atoms with Gasteiger partial charge in [-0.05, 0) is 83.4 Å². The summed E-state index contributed by atoms with van der Waals surface area (Å²) >= 11 is 7.36. The van der Waals surface area contributed by atoms with Crippen LogP contribution in [0.5, 0.6) is 11.5 Å².